The molecule has 15 rings (SSSR count). The molecule has 0 fully saturated rings. The largest absolute Gasteiger partial charge is 0.0513 e. The minimum atomic E-state index is 0.124. The molecule has 0 N–H and O–H groups in total. The van der Waals surface area contributed by atoms with Crippen LogP contribution in [0, 0.1) is 0 Å². The second kappa shape index (κ2) is 18.6. The molecule has 0 aliphatic heterocycles. The summed E-state index contributed by atoms with van der Waals surface area (Å²) in [6.07, 6.45) is 15.2. The Bertz CT molecular complexity index is 4550. The number of nitrogens with zero attached hydrogens (tertiary/aromatic N) is 4. The summed E-state index contributed by atoms with van der Waals surface area (Å²) in [7, 11) is 0. The van der Waals surface area contributed by atoms with E-state index < -0.39 is 0 Å². The van der Waals surface area contributed by atoms with Crippen LogP contribution in [0.4, 0.5) is 0 Å². The molecule has 0 saturated heterocycles. The van der Waals surface area contributed by atoms with Crippen LogP contribution in [0.1, 0.15) is 0 Å². The Balaban J connectivity index is 0.953. The van der Waals surface area contributed by atoms with E-state index in [2.05, 4.69) is 214 Å². The zero-order chi connectivity index (χ0) is 50.8. The molecular weight excluding hydrogens is 1000 g/mol. The summed E-state index contributed by atoms with van der Waals surface area (Å²) >= 11 is 0.124. The predicted molar refractivity (Wildman–Crippen MR) is 323 cm³/mol. The minimum Gasteiger partial charge on any atom is -0.0513 e. The summed E-state index contributed by atoms with van der Waals surface area (Å²) in [6, 6.07) is 80.8. The van der Waals surface area contributed by atoms with Gasteiger partial charge in [0.25, 0.3) is 0 Å². The molecule has 0 bridgehead atoms. The monoisotopic (exact) mass is 1040 g/mol. The summed E-state index contributed by atoms with van der Waals surface area (Å²) in [5, 5.41) is 12.4. The molecule has 4 nitrogen and oxygen atoms in total. The third-order valence-corrected chi connectivity index (χ3v) is 17.7. The molecule has 15 aromatic rings. The van der Waals surface area contributed by atoms with Crippen molar-refractivity contribution in [3.63, 3.8) is 0 Å². The van der Waals surface area contributed by atoms with Gasteiger partial charge in [-0.05, 0) is 24.3 Å². The van der Waals surface area contributed by atoms with Crippen molar-refractivity contribution in [2.24, 2.45) is 0 Å². The number of hydrogen-bond acceptors (Lipinski definition) is 4. The van der Waals surface area contributed by atoms with Gasteiger partial charge in [0, 0.05) is 37.2 Å². The van der Waals surface area contributed by atoms with E-state index in [1.807, 2.05) is 73.8 Å². The van der Waals surface area contributed by atoms with Crippen LogP contribution < -0.4 is 0 Å². The van der Waals surface area contributed by atoms with Crippen molar-refractivity contribution in [2.75, 3.05) is 0 Å². The van der Waals surface area contributed by atoms with Crippen molar-refractivity contribution >= 4 is 76.9 Å². The second-order valence-electron chi connectivity index (χ2n) is 19.7. The van der Waals surface area contributed by atoms with E-state index in [4.69, 9.17) is 0 Å². The van der Waals surface area contributed by atoms with Gasteiger partial charge in [-0.3, -0.25) is 19.9 Å². The summed E-state index contributed by atoms with van der Waals surface area (Å²) in [6.45, 7) is 0. The van der Waals surface area contributed by atoms with Gasteiger partial charge in [-0.25, -0.2) is 0 Å². The van der Waals surface area contributed by atoms with E-state index in [9.17, 15) is 0 Å². The fourth-order valence-electron chi connectivity index (χ4n) is 12.0. The molecular formula is C72H44N4Se. The maximum Gasteiger partial charge on any atom is -0.0513 e. The van der Waals surface area contributed by atoms with Gasteiger partial charge in [0.15, 0.2) is 0 Å². The van der Waals surface area contributed by atoms with Crippen LogP contribution in [-0.4, -0.2) is 34.4 Å². The number of pyridine rings is 4. The molecule has 0 saturated carbocycles. The van der Waals surface area contributed by atoms with Crippen molar-refractivity contribution in [3.05, 3.63) is 268 Å². The summed E-state index contributed by atoms with van der Waals surface area (Å²) < 4.78 is 2.82. The van der Waals surface area contributed by atoms with Gasteiger partial charge >= 0.3 is 360 Å². The number of fused-ring (bicyclic) bond motifs is 7. The van der Waals surface area contributed by atoms with E-state index in [1.165, 1.54) is 95.8 Å². The first-order chi connectivity index (χ1) is 38.2. The fourth-order valence-corrected chi connectivity index (χ4v) is 14.3. The second-order valence-corrected chi connectivity index (χ2v) is 22.0. The average Bonchev–Trinajstić information content (AvgIpc) is 3.91. The Labute approximate surface area is 451 Å². The van der Waals surface area contributed by atoms with Crippen LogP contribution in [0.2, 0.25) is 0 Å². The standard InChI is InChI=1S/C72H44N4Se/c1-3-20-58-56(18-1)68(57-19-2-4-21-59(57)69(58)54-36-50(46-14-10-30-73-41-46)34-51(37-54)47-15-11-31-74-42-47)45-28-29-66-65(40-45)72-64(26-9-27-67(72)77-66)71-62-24-7-5-22-60(62)70(61-23-6-8-25-63(61)71)55-38-52(48-16-12-32-75-43-48)35-53(39-55)49-17-13-33-76-44-49/h1-44H. The quantitative estimate of drug-likeness (QED) is 0.112. The van der Waals surface area contributed by atoms with Crippen LogP contribution in [0.5, 0.6) is 0 Å². The van der Waals surface area contributed by atoms with Crippen LogP contribution in [-0.2, 0) is 0 Å². The van der Waals surface area contributed by atoms with Crippen LogP contribution in [0.25, 0.3) is 151 Å². The van der Waals surface area contributed by atoms with Crippen molar-refractivity contribution in [2.45, 2.75) is 0 Å². The maximum absolute atomic E-state index is 4.53. The summed E-state index contributed by atoms with van der Waals surface area (Å²) in [5.41, 5.74) is 18.5. The first kappa shape index (κ1) is 44.8. The van der Waals surface area contributed by atoms with Crippen molar-refractivity contribution in [1.82, 2.24) is 19.9 Å². The fraction of sp³-hybridized carbons (Fsp3) is 0. The first-order valence-corrected chi connectivity index (χ1v) is 27.7. The zero-order valence-electron chi connectivity index (χ0n) is 41.6. The van der Waals surface area contributed by atoms with Crippen molar-refractivity contribution < 1.29 is 0 Å². The molecule has 0 unspecified atom stereocenters. The van der Waals surface area contributed by atoms with Crippen LogP contribution >= 0.6 is 0 Å². The average molecular weight is 1040 g/mol. The molecule has 10 aromatic carbocycles. The topological polar surface area (TPSA) is 51.6 Å². The summed E-state index contributed by atoms with van der Waals surface area (Å²) in [5.74, 6) is 0. The first-order valence-electron chi connectivity index (χ1n) is 26.0. The maximum atomic E-state index is 4.53. The molecule has 0 aliphatic rings. The van der Waals surface area contributed by atoms with E-state index in [-0.39, 0.29) is 14.5 Å². The molecule has 0 atom stereocenters. The molecule has 77 heavy (non-hydrogen) atoms. The molecule has 0 radical (unpaired) electrons. The van der Waals surface area contributed by atoms with Gasteiger partial charge < -0.3 is 0 Å². The Morgan fingerprint density at radius 1 is 0.221 bits per heavy atom. The molecule has 358 valence electrons. The molecule has 0 spiro atoms. The van der Waals surface area contributed by atoms with Gasteiger partial charge in [-0.2, -0.15) is 0 Å². The molecule has 5 heteroatoms. The molecule has 5 heterocycles. The number of rotatable bonds is 8. The Morgan fingerprint density at radius 3 is 0.935 bits per heavy atom. The van der Waals surface area contributed by atoms with E-state index in [0.29, 0.717) is 0 Å². The third-order valence-electron chi connectivity index (χ3n) is 15.3. The minimum absolute atomic E-state index is 0.124. The Kier molecular flexibility index (Phi) is 10.8. The Hall–Kier alpha value is -9.64. The smallest absolute Gasteiger partial charge is 0.0513 e. The van der Waals surface area contributed by atoms with Gasteiger partial charge in [0.2, 0.25) is 0 Å². The number of hydrogen-bond donors (Lipinski definition) is 0. The number of benzene rings is 10. The molecule has 5 aromatic heterocycles. The van der Waals surface area contributed by atoms with E-state index in [0.717, 1.165) is 55.6 Å². The van der Waals surface area contributed by atoms with Crippen LogP contribution in [0.3, 0.4) is 0 Å². The summed E-state index contributed by atoms with van der Waals surface area (Å²) in [4.78, 5) is 18.1. The number of aromatic nitrogens is 4. The third kappa shape index (κ3) is 7.67. The van der Waals surface area contributed by atoms with Crippen molar-refractivity contribution in [1.29, 1.82) is 0 Å². The SMILES string of the molecule is c1cncc(-c2cc(-c3cccnc3)cc(-c3c4ccccc4c(-c4ccc5[se]c6cccc(-c7c8ccccc8c(-c8cc(-c9cccnc9)cc(-c9cccnc9)c8)c8ccccc78)c6c5c4)c4ccccc34)c2)c1. The molecule has 0 amide bonds. The van der Waals surface area contributed by atoms with E-state index in [1.54, 1.807) is 0 Å². The van der Waals surface area contributed by atoms with Gasteiger partial charge in [-0.15, -0.1) is 0 Å². The normalized spacial score (nSPS) is 11.6. The Morgan fingerprint density at radius 2 is 0.571 bits per heavy atom. The van der Waals surface area contributed by atoms with E-state index >= 15 is 0 Å². The van der Waals surface area contributed by atoms with Gasteiger partial charge in [0.1, 0.15) is 0 Å². The van der Waals surface area contributed by atoms with Gasteiger partial charge in [-0.1, -0.05) is 12.1 Å². The predicted octanol–water partition coefficient (Wildman–Crippen LogP) is 18.6. The van der Waals surface area contributed by atoms with Gasteiger partial charge in [0.05, 0.1) is 0 Å². The van der Waals surface area contributed by atoms with Crippen LogP contribution in [0.15, 0.2) is 268 Å². The van der Waals surface area contributed by atoms with Crippen molar-refractivity contribution in [3.8, 4) is 89.0 Å². The molecule has 0 aliphatic carbocycles. The zero-order valence-corrected chi connectivity index (χ0v) is 43.3.